The fraction of sp³-hybridized carbons (Fsp3) is 0.562. The highest BCUT2D eigenvalue weighted by Gasteiger charge is 2.48. The molecule has 1 aliphatic heterocycles. The molecule has 22 heavy (non-hydrogen) atoms. The Morgan fingerprint density at radius 2 is 2.09 bits per heavy atom. The van der Waals surface area contributed by atoms with Crippen LogP contribution < -0.4 is 0 Å². The first-order chi connectivity index (χ1) is 10.4. The average Bonchev–Trinajstić information content (AvgIpc) is 3.13. The number of amides is 1. The molecule has 1 aromatic heterocycles. The van der Waals surface area contributed by atoms with Gasteiger partial charge in [-0.2, -0.15) is 0 Å². The first kappa shape index (κ1) is 16.7. The van der Waals surface area contributed by atoms with Gasteiger partial charge in [0.25, 0.3) is 0 Å². The van der Waals surface area contributed by atoms with Gasteiger partial charge in [-0.05, 0) is 23.8 Å². The van der Waals surface area contributed by atoms with E-state index in [1.807, 2.05) is 25.3 Å². The third-order valence-corrected chi connectivity index (χ3v) is 5.46. The number of nitrogens with zero attached hydrogens (tertiary/aromatic N) is 1. The van der Waals surface area contributed by atoms with Crippen molar-refractivity contribution < 1.29 is 19.5 Å². The Bertz CT molecular complexity index is 567. The lowest BCUT2D eigenvalue weighted by atomic mass is 9.76. The first-order valence-electron chi connectivity index (χ1n) is 7.44. The SMILES string of the molecule is CC(C)C1(C(=O)O)CCN(C(=O)CCC(=O)c2cccs2)C1. The number of Topliss-reactive ketones (excluding diaryl/α,β-unsaturated/α-hetero) is 1. The van der Waals surface area contributed by atoms with Gasteiger partial charge in [0, 0.05) is 25.9 Å². The summed E-state index contributed by atoms with van der Waals surface area (Å²) in [5.41, 5.74) is -0.854. The van der Waals surface area contributed by atoms with Crippen LogP contribution in [0, 0.1) is 11.3 Å². The van der Waals surface area contributed by atoms with Gasteiger partial charge in [-0.3, -0.25) is 14.4 Å². The standard InChI is InChI=1S/C16H21NO4S/c1-11(2)16(15(20)21)7-8-17(10-16)14(19)6-5-12(18)13-4-3-9-22-13/h3-4,9,11H,5-8,10H2,1-2H3,(H,20,21). The summed E-state index contributed by atoms with van der Waals surface area (Å²) in [6, 6.07) is 3.56. The maximum absolute atomic E-state index is 12.2. The summed E-state index contributed by atoms with van der Waals surface area (Å²) in [7, 11) is 0. The number of carboxylic acids is 1. The zero-order valence-electron chi connectivity index (χ0n) is 12.9. The van der Waals surface area contributed by atoms with Gasteiger partial charge in [0.15, 0.2) is 5.78 Å². The molecule has 5 nitrogen and oxygen atoms in total. The number of thiophene rings is 1. The molecule has 1 amide bonds. The molecule has 1 atom stereocenters. The van der Waals surface area contributed by atoms with Crippen molar-refractivity contribution >= 4 is 29.0 Å². The van der Waals surface area contributed by atoms with Gasteiger partial charge < -0.3 is 10.0 Å². The Balaban J connectivity index is 1.92. The molecule has 2 heterocycles. The van der Waals surface area contributed by atoms with Crippen molar-refractivity contribution in [1.29, 1.82) is 0 Å². The van der Waals surface area contributed by atoms with Crippen LogP contribution in [0.15, 0.2) is 17.5 Å². The fourth-order valence-corrected chi connectivity index (χ4v) is 3.57. The molecule has 0 spiro atoms. The van der Waals surface area contributed by atoms with Crippen molar-refractivity contribution in [1.82, 2.24) is 4.90 Å². The highest BCUT2D eigenvalue weighted by Crippen LogP contribution is 2.38. The summed E-state index contributed by atoms with van der Waals surface area (Å²) in [6.07, 6.45) is 0.798. The van der Waals surface area contributed by atoms with E-state index in [9.17, 15) is 19.5 Å². The number of carbonyl (C=O) groups is 3. The second-order valence-electron chi connectivity index (χ2n) is 6.08. The number of likely N-dealkylation sites (tertiary alicyclic amines) is 1. The number of carboxylic acid groups (broad SMARTS) is 1. The van der Waals surface area contributed by atoms with E-state index in [4.69, 9.17) is 0 Å². The van der Waals surface area contributed by atoms with E-state index >= 15 is 0 Å². The lowest BCUT2D eigenvalue weighted by molar-refractivity contribution is -0.151. The number of ketones is 1. The molecule has 0 aromatic carbocycles. The lowest BCUT2D eigenvalue weighted by Crippen LogP contribution is -2.40. The summed E-state index contributed by atoms with van der Waals surface area (Å²) in [6.45, 7) is 4.45. The van der Waals surface area contributed by atoms with Crippen LogP contribution in [0.3, 0.4) is 0 Å². The van der Waals surface area contributed by atoms with Crippen molar-refractivity contribution in [3.63, 3.8) is 0 Å². The molecular formula is C16H21NO4S. The van der Waals surface area contributed by atoms with Gasteiger partial charge in [-0.1, -0.05) is 19.9 Å². The zero-order valence-corrected chi connectivity index (χ0v) is 13.7. The molecule has 1 aromatic rings. The monoisotopic (exact) mass is 323 g/mol. The largest absolute Gasteiger partial charge is 0.481 e. The molecule has 6 heteroatoms. The zero-order chi connectivity index (χ0) is 16.3. The van der Waals surface area contributed by atoms with Crippen LogP contribution in [0.5, 0.6) is 0 Å². The Labute approximate surface area is 133 Å². The van der Waals surface area contributed by atoms with Crippen LogP contribution in [-0.4, -0.2) is 40.8 Å². The number of hydrogen-bond donors (Lipinski definition) is 1. The van der Waals surface area contributed by atoms with Crippen molar-refractivity contribution in [2.45, 2.75) is 33.1 Å². The molecule has 1 aliphatic rings. The predicted molar refractivity (Wildman–Crippen MR) is 84.0 cm³/mol. The van der Waals surface area contributed by atoms with Gasteiger partial charge in [-0.25, -0.2) is 0 Å². The summed E-state index contributed by atoms with van der Waals surface area (Å²) < 4.78 is 0. The Morgan fingerprint density at radius 1 is 1.36 bits per heavy atom. The van der Waals surface area contributed by atoms with Crippen molar-refractivity contribution in [3.05, 3.63) is 22.4 Å². The first-order valence-corrected chi connectivity index (χ1v) is 8.32. The molecule has 1 saturated heterocycles. The fourth-order valence-electron chi connectivity index (χ4n) is 2.88. The normalized spacial score (nSPS) is 21.3. The van der Waals surface area contributed by atoms with Crippen LogP contribution in [-0.2, 0) is 9.59 Å². The van der Waals surface area contributed by atoms with Crippen LogP contribution in [0.4, 0.5) is 0 Å². The smallest absolute Gasteiger partial charge is 0.311 e. The third-order valence-electron chi connectivity index (χ3n) is 4.55. The topological polar surface area (TPSA) is 74.7 Å². The van der Waals surface area contributed by atoms with E-state index in [-0.39, 0.29) is 37.0 Å². The molecule has 1 fully saturated rings. The molecule has 0 radical (unpaired) electrons. The van der Waals surface area contributed by atoms with E-state index in [0.29, 0.717) is 17.8 Å². The van der Waals surface area contributed by atoms with Gasteiger partial charge in [0.1, 0.15) is 0 Å². The molecule has 1 N–H and O–H groups in total. The molecule has 0 bridgehead atoms. The Morgan fingerprint density at radius 3 is 2.59 bits per heavy atom. The van der Waals surface area contributed by atoms with Crippen molar-refractivity contribution in [2.75, 3.05) is 13.1 Å². The Kier molecular flexibility index (Phi) is 5.01. The summed E-state index contributed by atoms with van der Waals surface area (Å²) in [4.78, 5) is 38.0. The van der Waals surface area contributed by atoms with E-state index in [2.05, 4.69) is 0 Å². The maximum Gasteiger partial charge on any atom is 0.311 e. The Hall–Kier alpha value is -1.69. The van der Waals surface area contributed by atoms with Crippen LogP contribution >= 0.6 is 11.3 Å². The molecule has 2 rings (SSSR count). The number of hydrogen-bond acceptors (Lipinski definition) is 4. The average molecular weight is 323 g/mol. The summed E-state index contributed by atoms with van der Waals surface area (Å²) in [5.74, 6) is -1.03. The van der Waals surface area contributed by atoms with Gasteiger partial charge in [0.2, 0.25) is 5.91 Å². The molecule has 0 saturated carbocycles. The molecule has 120 valence electrons. The number of aliphatic carboxylic acids is 1. The number of rotatable bonds is 6. The molecule has 0 aliphatic carbocycles. The second kappa shape index (κ2) is 6.60. The third kappa shape index (κ3) is 3.21. The van der Waals surface area contributed by atoms with Crippen LogP contribution in [0.25, 0.3) is 0 Å². The summed E-state index contributed by atoms with van der Waals surface area (Å²) >= 11 is 1.37. The van der Waals surface area contributed by atoms with Crippen LogP contribution in [0.2, 0.25) is 0 Å². The number of carbonyl (C=O) groups excluding carboxylic acids is 2. The van der Waals surface area contributed by atoms with E-state index in [1.165, 1.54) is 11.3 Å². The molecule has 1 unspecified atom stereocenters. The summed E-state index contributed by atoms with van der Waals surface area (Å²) in [5, 5.41) is 11.3. The molecular weight excluding hydrogens is 302 g/mol. The minimum Gasteiger partial charge on any atom is -0.481 e. The minimum absolute atomic E-state index is 0.0316. The van der Waals surface area contributed by atoms with E-state index in [0.717, 1.165) is 0 Å². The quantitative estimate of drug-likeness (QED) is 0.817. The highest BCUT2D eigenvalue weighted by molar-refractivity contribution is 7.12. The van der Waals surface area contributed by atoms with Crippen LogP contribution in [0.1, 0.15) is 42.8 Å². The maximum atomic E-state index is 12.2. The van der Waals surface area contributed by atoms with Gasteiger partial charge in [0.05, 0.1) is 10.3 Å². The highest BCUT2D eigenvalue weighted by atomic mass is 32.1. The van der Waals surface area contributed by atoms with Crippen molar-refractivity contribution in [3.8, 4) is 0 Å². The predicted octanol–water partition coefficient (Wildman–Crippen LogP) is 2.67. The van der Waals surface area contributed by atoms with E-state index < -0.39 is 11.4 Å². The van der Waals surface area contributed by atoms with Crippen molar-refractivity contribution in [2.24, 2.45) is 11.3 Å². The minimum atomic E-state index is -0.854. The van der Waals surface area contributed by atoms with Gasteiger partial charge >= 0.3 is 5.97 Å². The van der Waals surface area contributed by atoms with Gasteiger partial charge in [-0.15, -0.1) is 11.3 Å². The lowest BCUT2D eigenvalue weighted by Gasteiger charge is -2.28. The van der Waals surface area contributed by atoms with E-state index in [1.54, 1.807) is 11.0 Å². The second-order valence-corrected chi connectivity index (χ2v) is 7.03.